The molecular formula is C23H23FN4O. The van der Waals surface area contributed by atoms with Gasteiger partial charge in [-0.25, -0.2) is 14.4 Å². The Labute approximate surface area is 169 Å². The van der Waals surface area contributed by atoms with Gasteiger partial charge in [0.15, 0.2) is 5.75 Å². The van der Waals surface area contributed by atoms with Crippen LogP contribution >= 0.6 is 0 Å². The van der Waals surface area contributed by atoms with Crippen molar-refractivity contribution in [2.45, 2.75) is 33.2 Å². The van der Waals surface area contributed by atoms with Gasteiger partial charge in [-0.05, 0) is 61.6 Å². The number of benzene rings is 2. The Morgan fingerprint density at radius 2 is 1.86 bits per heavy atom. The van der Waals surface area contributed by atoms with E-state index in [0.717, 1.165) is 12.0 Å². The molecule has 0 saturated carbocycles. The van der Waals surface area contributed by atoms with Crippen molar-refractivity contribution < 1.29 is 9.23 Å². The molecule has 148 valence electrons. The first-order valence-electron chi connectivity index (χ1n) is 9.65. The van der Waals surface area contributed by atoms with E-state index < -0.39 is 0 Å². The number of aryl methyl sites for hydroxylation is 1. The smallest absolute Gasteiger partial charge is 0.223 e. The van der Waals surface area contributed by atoms with Gasteiger partial charge in [-0.15, -0.1) is 0 Å². The minimum absolute atomic E-state index is 0.201. The second kappa shape index (κ2) is 7.99. The minimum atomic E-state index is -0.316. The molecular weight excluding hydrogens is 367 g/mol. The predicted molar refractivity (Wildman–Crippen MR) is 112 cm³/mol. The van der Waals surface area contributed by atoms with Crippen LogP contribution in [-0.4, -0.2) is 15.7 Å². The third kappa shape index (κ3) is 4.26. The number of hydrogen-bond acceptors (Lipinski definition) is 5. The highest BCUT2D eigenvalue weighted by Crippen LogP contribution is 2.38. The number of hydrogen-bond donors (Lipinski definition) is 1. The summed E-state index contributed by atoms with van der Waals surface area (Å²) in [5, 5.41) is 7.55. The van der Waals surface area contributed by atoms with E-state index in [9.17, 15) is 4.39 Å². The Bertz CT molecular complexity index is 1030. The number of nitrogens with zero attached hydrogens (tertiary/aromatic N) is 3. The Kier molecular flexibility index (Phi) is 5.25. The molecule has 4 rings (SSSR count). The molecule has 0 unspecified atom stereocenters. The second-order valence-electron chi connectivity index (χ2n) is 7.52. The van der Waals surface area contributed by atoms with Gasteiger partial charge in [-0.2, -0.15) is 0 Å². The van der Waals surface area contributed by atoms with Crippen LogP contribution in [0.25, 0.3) is 0 Å². The van der Waals surface area contributed by atoms with Crippen molar-refractivity contribution >= 4 is 11.7 Å². The van der Waals surface area contributed by atoms with Crippen LogP contribution in [0.3, 0.4) is 0 Å². The summed E-state index contributed by atoms with van der Waals surface area (Å²) in [6, 6.07) is 12.5. The van der Waals surface area contributed by atoms with Gasteiger partial charge >= 0.3 is 0 Å². The maximum atomic E-state index is 12.9. The summed E-state index contributed by atoms with van der Waals surface area (Å²) >= 11 is 0. The SMILES string of the molecule is C/C(=N/Oc1ccc(F)cc1)c1cnc(N[C@H]2c3cc(C)ccc3C[C@@H]2C)nc1. The van der Waals surface area contributed by atoms with Crippen molar-refractivity contribution in [1.29, 1.82) is 0 Å². The van der Waals surface area contributed by atoms with Crippen molar-refractivity contribution in [3.63, 3.8) is 0 Å². The zero-order chi connectivity index (χ0) is 20.4. The zero-order valence-electron chi connectivity index (χ0n) is 16.7. The summed E-state index contributed by atoms with van der Waals surface area (Å²) < 4.78 is 12.9. The van der Waals surface area contributed by atoms with Crippen LogP contribution in [-0.2, 0) is 6.42 Å². The first-order chi connectivity index (χ1) is 14.0. The molecule has 0 saturated heterocycles. The summed E-state index contributed by atoms with van der Waals surface area (Å²) in [6.07, 6.45) is 4.50. The molecule has 0 fully saturated rings. The van der Waals surface area contributed by atoms with Gasteiger partial charge in [0.25, 0.3) is 0 Å². The monoisotopic (exact) mass is 390 g/mol. The number of fused-ring (bicyclic) bond motifs is 1. The van der Waals surface area contributed by atoms with Crippen LogP contribution < -0.4 is 10.2 Å². The molecule has 0 amide bonds. The van der Waals surface area contributed by atoms with E-state index in [2.05, 4.69) is 52.5 Å². The fourth-order valence-corrected chi connectivity index (χ4v) is 3.58. The summed E-state index contributed by atoms with van der Waals surface area (Å²) in [5.41, 5.74) is 5.37. The van der Waals surface area contributed by atoms with Crippen molar-refractivity contribution in [3.05, 3.63) is 82.9 Å². The van der Waals surface area contributed by atoms with Crippen LogP contribution in [0.15, 0.2) is 60.0 Å². The zero-order valence-corrected chi connectivity index (χ0v) is 16.7. The van der Waals surface area contributed by atoms with Gasteiger partial charge in [0.2, 0.25) is 5.95 Å². The molecule has 5 nitrogen and oxygen atoms in total. The van der Waals surface area contributed by atoms with E-state index in [-0.39, 0.29) is 11.9 Å². The number of anilines is 1. The molecule has 0 radical (unpaired) electrons. The van der Waals surface area contributed by atoms with Gasteiger partial charge < -0.3 is 10.2 Å². The largest absolute Gasteiger partial charge is 0.357 e. The summed E-state index contributed by atoms with van der Waals surface area (Å²) in [4.78, 5) is 14.2. The van der Waals surface area contributed by atoms with E-state index in [4.69, 9.17) is 4.84 Å². The lowest BCUT2D eigenvalue weighted by molar-refractivity contribution is 0.340. The summed E-state index contributed by atoms with van der Waals surface area (Å²) in [5.74, 6) is 1.22. The fourth-order valence-electron chi connectivity index (χ4n) is 3.58. The second-order valence-corrected chi connectivity index (χ2v) is 7.52. The van der Waals surface area contributed by atoms with Crippen molar-refractivity contribution in [3.8, 4) is 5.75 Å². The highest BCUT2D eigenvalue weighted by molar-refractivity contribution is 5.97. The summed E-state index contributed by atoms with van der Waals surface area (Å²) in [7, 11) is 0. The quantitative estimate of drug-likeness (QED) is 0.488. The molecule has 0 spiro atoms. The van der Waals surface area contributed by atoms with Gasteiger partial charge in [-0.3, -0.25) is 0 Å². The van der Waals surface area contributed by atoms with E-state index >= 15 is 0 Å². The predicted octanol–water partition coefficient (Wildman–Crippen LogP) is 5.07. The van der Waals surface area contributed by atoms with Crippen molar-refractivity contribution in [2.24, 2.45) is 11.1 Å². The number of nitrogens with one attached hydrogen (secondary N) is 1. The molecule has 1 aliphatic rings. The van der Waals surface area contributed by atoms with Crippen LogP contribution in [0, 0.1) is 18.7 Å². The number of rotatable bonds is 5. The molecule has 1 N–H and O–H groups in total. The standard InChI is InChI=1S/C23H23FN4O/c1-14-4-5-17-11-15(2)22(21(17)10-14)27-23-25-12-18(13-26-23)16(3)28-29-20-8-6-19(24)7-9-20/h4-10,12-13,15,22H,11H2,1-3H3,(H,25,26,27)/b28-16-/t15-,22+/m0/s1. The van der Waals surface area contributed by atoms with E-state index in [1.54, 1.807) is 12.4 Å². The van der Waals surface area contributed by atoms with Crippen LogP contribution in [0.4, 0.5) is 10.3 Å². The lowest BCUT2D eigenvalue weighted by Crippen LogP contribution is -2.16. The number of halogens is 1. The maximum absolute atomic E-state index is 12.9. The lowest BCUT2D eigenvalue weighted by atomic mass is 10.0. The summed E-state index contributed by atoms with van der Waals surface area (Å²) in [6.45, 7) is 6.17. The first kappa shape index (κ1) is 19.1. The maximum Gasteiger partial charge on any atom is 0.223 e. The van der Waals surface area contributed by atoms with Gasteiger partial charge in [0.1, 0.15) is 5.82 Å². The first-order valence-corrected chi connectivity index (χ1v) is 9.65. The van der Waals surface area contributed by atoms with Gasteiger partial charge in [-0.1, -0.05) is 35.8 Å². The third-order valence-electron chi connectivity index (χ3n) is 5.20. The normalized spacial score (nSPS) is 18.4. The van der Waals surface area contributed by atoms with Gasteiger partial charge in [0, 0.05) is 18.0 Å². The Morgan fingerprint density at radius 1 is 1.14 bits per heavy atom. The van der Waals surface area contributed by atoms with Crippen LogP contribution in [0.2, 0.25) is 0 Å². The van der Waals surface area contributed by atoms with E-state index in [1.807, 2.05) is 6.92 Å². The van der Waals surface area contributed by atoms with E-state index in [1.165, 1.54) is 41.0 Å². The van der Waals surface area contributed by atoms with Gasteiger partial charge in [0.05, 0.1) is 11.8 Å². The molecule has 1 aromatic heterocycles. The fraction of sp³-hybridized carbons (Fsp3) is 0.261. The highest BCUT2D eigenvalue weighted by Gasteiger charge is 2.29. The van der Waals surface area contributed by atoms with Crippen molar-refractivity contribution in [2.75, 3.05) is 5.32 Å². The topological polar surface area (TPSA) is 59.4 Å². The number of oxime groups is 1. The lowest BCUT2D eigenvalue weighted by Gasteiger charge is -2.19. The number of aromatic nitrogens is 2. The molecule has 0 aliphatic heterocycles. The molecule has 0 bridgehead atoms. The average Bonchev–Trinajstić information content (AvgIpc) is 3.02. The Morgan fingerprint density at radius 3 is 2.59 bits per heavy atom. The molecule has 2 aromatic carbocycles. The molecule has 1 heterocycles. The van der Waals surface area contributed by atoms with E-state index in [0.29, 0.717) is 23.3 Å². The van der Waals surface area contributed by atoms with Crippen molar-refractivity contribution in [1.82, 2.24) is 9.97 Å². The third-order valence-corrected chi connectivity index (χ3v) is 5.20. The minimum Gasteiger partial charge on any atom is -0.357 e. The molecule has 29 heavy (non-hydrogen) atoms. The molecule has 3 aromatic rings. The molecule has 6 heteroatoms. The molecule has 1 aliphatic carbocycles. The van der Waals surface area contributed by atoms with Crippen LogP contribution in [0.1, 0.15) is 42.1 Å². The molecule has 2 atom stereocenters. The Balaban J connectivity index is 1.45. The van der Waals surface area contributed by atoms with Crippen LogP contribution in [0.5, 0.6) is 5.75 Å². The average molecular weight is 390 g/mol. The highest BCUT2D eigenvalue weighted by atomic mass is 19.1. The Hall–Kier alpha value is -3.28.